The van der Waals surface area contributed by atoms with E-state index in [1.54, 1.807) is 19.2 Å². The molecule has 3 heteroatoms. The molecule has 0 N–H and O–H groups in total. The van der Waals surface area contributed by atoms with Gasteiger partial charge in [0.05, 0.1) is 12.9 Å². The molecular formula is C16H21FO2. The van der Waals surface area contributed by atoms with Crippen LogP contribution in [0.4, 0.5) is 4.39 Å². The van der Waals surface area contributed by atoms with Crippen molar-refractivity contribution in [2.75, 3.05) is 7.11 Å². The molecule has 1 aliphatic rings. The minimum absolute atomic E-state index is 0.229. The predicted octanol–water partition coefficient (Wildman–Crippen LogP) is 4.58. The van der Waals surface area contributed by atoms with Gasteiger partial charge in [0.15, 0.2) is 0 Å². The lowest BCUT2D eigenvalue weighted by molar-refractivity contribution is 0.200. The Labute approximate surface area is 114 Å². The summed E-state index contributed by atoms with van der Waals surface area (Å²) in [5.74, 6) is 1.52. The van der Waals surface area contributed by atoms with Crippen LogP contribution in [0, 0.1) is 5.82 Å². The molecule has 1 aromatic carbocycles. The third kappa shape index (κ3) is 5.16. The number of hydrogen-bond donors (Lipinski definition) is 0. The Morgan fingerprint density at radius 1 is 1.16 bits per heavy atom. The molecule has 0 aliphatic heterocycles. The van der Waals surface area contributed by atoms with Crippen LogP contribution in [0.25, 0.3) is 0 Å². The summed E-state index contributed by atoms with van der Waals surface area (Å²) < 4.78 is 23.5. The Balaban J connectivity index is 0.000000861. The molecule has 19 heavy (non-hydrogen) atoms. The van der Waals surface area contributed by atoms with Gasteiger partial charge in [0.2, 0.25) is 0 Å². The van der Waals surface area contributed by atoms with E-state index in [0.29, 0.717) is 6.61 Å². The first kappa shape index (κ1) is 15.3. The van der Waals surface area contributed by atoms with Crippen LogP contribution in [0.5, 0.6) is 0 Å². The highest BCUT2D eigenvalue weighted by Gasteiger charge is 2.06. The number of allylic oxidation sites excluding steroid dienone is 3. The topological polar surface area (TPSA) is 18.5 Å². The SMILES string of the molecule is CC.COC1=CC(OCc2ccc(F)cc2)=CCC1. The number of hydrogen-bond acceptors (Lipinski definition) is 2. The van der Waals surface area contributed by atoms with Gasteiger partial charge < -0.3 is 9.47 Å². The molecule has 0 heterocycles. The summed E-state index contributed by atoms with van der Waals surface area (Å²) in [6.07, 6.45) is 5.78. The molecule has 0 fully saturated rings. The number of methoxy groups -OCH3 is 1. The lowest BCUT2D eigenvalue weighted by Crippen LogP contribution is -1.99. The van der Waals surface area contributed by atoms with Crippen LogP contribution < -0.4 is 0 Å². The van der Waals surface area contributed by atoms with Gasteiger partial charge >= 0.3 is 0 Å². The molecule has 0 aromatic heterocycles. The van der Waals surface area contributed by atoms with Crippen molar-refractivity contribution in [3.8, 4) is 0 Å². The normalized spacial score (nSPS) is 13.7. The number of halogens is 1. The van der Waals surface area contributed by atoms with Crippen LogP contribution in [0.1, 0.15) is 32.3 Å². The van der Waals surface area contributed by atoms with E-state index in [9.17, 15) is 4.39 Å². The Kier molecular flexibility index (Phi) is 6.72. The molecular weight excluding hydrogens is 243 g/mol. The van der Waals surface area contributed by atoms with Gasteiger partial charge in [0, 0.05) is 12.5 Å². The van der Waals surface area contributed by atoms with Gasteiger partial charge in [-0.1, -0.05) is 26.0 Å². The summed E-state index contributed by atoms with van der Waals surface area (Å²) in [6, 6.07) is 6.31. The molecule has 0 atom stereocenters. The average Bonchev–Trinajstić information content (AvgIpc) is 2.49. The Morgan fingerprint density at radius 3 is 2.47 bits per heavy atom. The Bertz CT molecular complexity index is 433. The van der Waals surface area contributed by atoms with Crippen molar-refractivity contribution in [3.63, 3.8) is 0 Å². The molecule has 1 aliphatic carbocycles. The second-order valence-corrected chi connectivity index (χ2v) is 3.88. The van der Waals surface area contributed by atoms with E-state index in [2.05, 4.69) is 0 Å². The second-order valence-electron chi connectivity index (χ2n) is 3.88. The van der Waals surface area contributed by atoms with Crippen molar-refractivity contribution in [2.24, 2.45) is 0 Å². The van der Waals surface area contributed by atoms with Crippen LogP contribution in [-0.2, 0) is 16.1 Å². The fraction of sp³-hybridized carbons (Fsp3) is 0.375. The molecule has 0 amide bonds. The average molecular weight is 264 g/mol. The van der Waals surface area contributed by atoms with Gasteiger partial charge in [0.1, 0.15) is 18.2 Å². The van der Waals surface area contributed by atoms with Crippen molar-refractivity contribution in [3.05, 3.63) is 59.3 Å². The summed E-state index contributed by atoms with van der Waals surface area (Å²) in [5, 5.41) is 0. The number of ether oxygens (including phenoxy) is 2. The maximum absolute atomic E-state index is 12.7. The van der Waals surface area contributed by atoms with E-state index in [1.807, 2.05) is 26.0 Å². The molecule has 0 saturated carbocycles. The standard InChI is InChI=1S/C14H15FO2.C2H6/c1-16-13-3-2-4-14(9-13)17-10-11-5-7-12(15)8-6-11;1-2/h4-9H,2-3,10H2,1H3;1-2H3. The molecule has 0 bridgehead atoms. The first-order valence-corrected chi connectivity index (χ1v) is 6.60. The molecule has 0 unspecified atom stereocenters. The zero-order valence-corrected chi connectivity index (χ0v) is 11.8. The van der Waals surface area contributed by atoms with Crippen LogP contribution in [0.2, 0.25) is 0 Å². The fourth-order valence-electron chi connectivity index (χ4n) is 1.66. The van der Waals surface area contributed by atoms with Gasteiger partial charge in [0.25, 0.3) is 0 Å². The third-order valence-electron chi connectivity index (χ3n) is 2.62. The first-order valence-electron chi connectivity index (χ1n) is 6.60. The highest BCUT2D eigenvalue weighted by molar-refractivity contribution is 5.21. The van der Waals surface area contributed by atoms with Gasteiger partial charge in [-0.25, -0.2) is 4.39 Å². The van der Waals surface area contributed by atoms with Gasteiger partial charge in [-0.2, -0.15) is 0 Å². The highest BCUT2D eigenvalue weighted by atomic mass is 19.1. The smallest absolute Gasteiger partial charge is 0.123 e. The maximum atomic E-state index is 12.7. The van der Waals surface area contributed by atoms with Crippen molar-refractivity contribution in [2.45, 2.75) is 33.3 Å². The zero-order chi connectivity index (χ0) is 14.1. The number of rotatable bonds is 4. The molecule has 0 spiro atoms. The van der Waals surface area contributed by atoms with E-state index in [4.69, 9.17) is 9.47 Å². The van der Waals surface area contributed by atoms with Gasteiger partial charge in [-0.15, -0.1) is 0 Å². The maximum Gasteiger partial charge on any atom is 0.123 e. The molecule has 0 saturated heterocycles. The summed E-state index contributed by atoms with van der Waals surface area (Å²) in [6.45, 7) is 4.44. The minimum Gasteiger partial charge on any atom is -0.501 e. The Hall–Kier alpha value is -1.77. The van der Waals surface area contributed by atoms with Crippen molar-refractivity contribution in [1.29, 1.82) is 0 Å². The molecule has 2 rings (SSSR count). The monoisotopic (exact) mass is 264 g/mol. The van der Waals surface area contributed by atoms with Crippen LogP contribution in [-0.4, -0.2) is 7.11 Å². The third-order valence-corrected chi connectivity index (χ3v) is 2.62. The lowest BCUT2D eigenvalue weighted by Gasteiger charge is -2.14. The van der Waals surface area contributed by atoms with Gasteiger partial charge in [-0.05, 0) is 30.2 Å². The summed E-state index contributed by atoms with van der Waals surface area (Å²) >= 11 is 0. The van der Waals surface area contributed by atoms with E-state index in [0.717, 1.165) is 29.9 Å². The molecule has 1 aromatic rings. The van der Waals surface area contributed by atoms with E-state index in [-0.39, 0.29) is 5.82 Å². The minimum atomic E-state index is -0.229. The highest BCUT2D eigenvalue weighted by Crippen LogP contribution is 2.19. The van der Waals surface area contributed by atoms with Crippen molar-refractivity contribution in [1.82, 2.24) is 0 Å². The zero-order valence-electron chi connectivity index (χ0n) is 11.8. The second kappa shape index (κ2) is 8.35. The predicted molar refractivity (Wildman–Crippen MR) is 74.9 cm³/mol. The lowest BCUT2D eigenvalue weighted by atomic mass is 10.1. The van der Waals surface area contributed by atoms with E-state index >= 15 is 0 Å². The van der Waals surface area contributed by atoms with Gasteiger partial charge in [-0.3, -0.25) is 0 Å². The fourth-order valence-corrected chi connectivity index (χ4v) is 1.66. The van der Waals surface area contributed by atoms with Crippen molar-refractivity contribution < 1.29 is 13.9 Å². The van der Waals surface area contributed by atoms with Crippen molar-refractivity contribution >= 4 is 0 Å². The molecule has 0 radical (unpaired) electrons. The Morgan fingerprint density at radius 2 is 1.84 bits per heavy atom. The molecule has 104 valence electrons. The number of benzene rings is 1. The summed E-state index contributed by atoms with van der Waals surface area (Å²) in [5.41, 5.74) is 0.949. The van der Waals surface area contributed by atoms with Crippen LogP contribution in [0.3, 0.4) is 0 Å². The quantitative estimate of drug-likeness (QED) is 0.792. The van der Waals surface area contributed by atoms with E-state index < -0.39 is 0 Å². The first-order chi connectivity index (χ1) is 9.28. The van der Waals surface area contributed by atoms with Crippen LogP contribution in [0.15, 0.2) is 47.9 Å². The summed E-state index contributed by atoms with van der Waals surface area (Å²) in [7, 11) is 1.66. The largest absolute Gasteiger partial charge is 0.501 e. The van der Waals surface area contributed by atoms with Crippen LogP contribution >= 0.6 is 0 Å². The van der Waals surface area contributed by atoms with E-state index in [1.165, 1.54) is 12.1 Å². The summed E-state index contributed by atoms with van der Waals surface area (Å²) in [4.78, 5) is 0. The molecule has 2 nitrogen and oxygen atoms in total.